The quantitative estimate of drug-likeness (QED) is 0.642. The molecule has 0 radical (unpaired) electrons. The number of nitrogens with one attached hydrogen (secondary N) is 2. The summed E-state index contributed by atoms with van der Waals surface area (Å²) in [6.45, 7) is 3.47. The number of amides is 2. The van der Waals surface area contributed by atoms with E-state index in [0.717, 1.165) is 5.56 Å². The van der Waals surface area contributed by atoms with Crippen LogP contribution in [0.5, 0.6) is 0 Å². The van der Waals surface area contributed by atoms with Crippen LogP contribution in [0.25, 0.3) is 6.08 Å². The largest absolute Gasteiger partial charge is 0.322 e. The van der Waals surface area contributed by atoms with E-state index in [-0.39, 0.29) is 5.91 Å². The summed E-state index contributed by atoms with van der Waals surface area (Å²) in [5.74, 6) is -1.15. The molecule has 0 saturated carbocycles. The monoisotopic (exact) mass is 390 g/mol. The van der Waals surface area contributed by atoms with Crippen molar-refractivity contribution in [1.29, 1.82) is 0 Å². The Morgan fingerprint density at radius 2 is 1.69 bits per heavy atom. The molecule has 3 aromatic rings. The maximum atomic E-state index is 13.7. The van der Waals surface area contributed by atoms with Crippen molar-refractivity contribution in [3.05, 3.63) is 89.3 Å². The van der Waals surface area contributed by atoms with Crippen LogP contribution in [-0.4, -0.2) is 21.8 Å². The second kappa shape index (κ2) is 8.88. The zero-order valence-electron chi connectivity index (χ0n) is 15.9. The molecule has 6 nitrogen and oxygen atoms in total. The molecule has 2 N–H and O–H groups in total. The number of aromatic nitrogens is 2. The van der Waals surface area contributed by atoms with Crippen LogP contribution in [0.3, 0.4) is 0 Å². The predicted molar refractivity (Wildman–Crippen MR) is 110 cm³/mol. The molecule has 2 amide bonds. The van der Waals surface area contributed by atoms with E-state index in [1.54, 1.807) is 55.7 Å². The van der Waals surface area contributed by atoms with Crippen molar-refractivity contribution in [3.8, 4) is 0 Å². The summed E-state index contributed by atoms with van der Waals surface area (Å²) < 4.78 is 13.7. The molecule has 0 aliphatic heterocycles. The smallest absolute Gasteiger partial charge is 0.255 e. The highest BCUT2D eigenvalue weighted by molar-refractivity contribution is 6.07. The van der Waals surface area contributed by atoms with Gasteiger partial charge in [-0.05, 0) is 55.3 Å². The molecule has 3 rings (SSSR count). The standard InChI is InChI=1S/C22H19FN4O2/c1-14-4-7-18(10-19(14)23)26-22(29)17-6-3-15(2)20(9-17)27-21(28)8-5-16-11-24-13-25-12-16/h3-13H,1-2H3,(H,26,29)(H,27,28)/b8-5+. The normalized spacial score (nSPS) is 10.7. The molecule has 0 spiro atoms. The van der Waals surface area contributed by atoms with Gasteiger partial charge in [-0.3, -0.25) is 9.59 Å². The van der Waals surface area contributed by atoms with Crippen LogP contribution in [0.15, 0.2) is 61.2 Å². The molecule has 0 fully saturated rings. The first kappa shape index (κ1) is 19.9. The number of aryl methyl sites for hydroxylation is 2. The van der Waals surface area contributed by atoms with Gasteiger partial charge in [-0.1, -0.05) is 12.1 Å². The first-order chi connectivity index (χ1) is 13.9. The average molecular weight is 390 g/mol. The number of benzene rings is 2. The molecule has 0 bridgehead atoms. The van der Waals surface area contributed by atoms with Gasteiger partial charge in [0, 0.05) is 41.0 Å². The van der Waals surface area contributed by atoms with E-state index in [1.807, 2.05) is 6.92 Å². The minimum absolute atomic E-state index is 0.340. The van der Waals surface area contributed by atoms with Gasteiger partial charge in [0.1, 0.15) is 12.1 Å². The number of hydrogen-bond acceptors (Lipinski definition) is 4. The third-order valence-corrected chi connectivity index (χ3v) is 4.20. The van der Waals surface area contributed by atoms with Gasteiger partial charge < -0.3 is 10.6 Å². The van der Waals surface area contributed by atoms with E-state index in [9.17, 15) is 14.0 Å². The van der Waals surface area contributed by atoms with Crippen molar-refractivity contribution in [3.63, 3.8) is 0 Å². The summed E-state index contributed by atoms with van der Waals surface area (Å²) in [4.78, 5) is 32.4. The van der Waals surface area contributed by atoms with Gasteiger partial charge in [0.25, 0.3) is 5.91 Å². The Balaban J connectivity index is 1.71. The van der Waals surface area contributed by atoms with Crippen molar-refractivity contribution >= 4 is 29.3 Å². The lowest BCUT2D eigenvalue weighted by Crippen LogP contribution is -2.14. The van der Waals surface area contributed by atoms with E-state index < -0.39 is 11.7 Å². The molecule has 29 heavy (non-hydrogen) atoms. The second-order valence-corrected chi connectivity index (χ2v) is 6.44. The number of halogens is 1. The summed E-state index contributed by atoms with van der Waals surface area (Å²) in [5.41, 5.74) is 3.19. The Kier molecular flexibility index (Phi) is 6.09. The zero-order chi connectivity index (χ0) is 20.8. The van der Waals surface area contributed by atoms with E-state index >= 15 is 0 Å². The van der Waals surface area contributed by atoms with Gasteiger partial charge in [0.15, 0.2) is 0 Å². The van der Waals surface area contributed by atoms with Gasteiger partial charge in [-0.2, -0.15) is 0 Å². The van der Waals surface area contributed by atoms with Crippen molar-refractivity contribution < 1.29 is 14.0 Å². The number of hydrogen-bond donors (Lipinski definition) is 2. The zero-order valence-corrected chi connectivity index (χ0v) is 15.9. The molecular formula is C22H19FN4O2. The van der Waals surface area contributed by atoms with E-state index in [1.165, 1.54) is 18.5 Å². The lowest BCUT2D eigenvalue weighted by molar-refractivity contribution is -0.111. The van der Waals surface area contributed by atoms with Gasteiger partial charge >= 0.3 is 0 Å². The summed E-state index contributed by atoms with van der Waals surface area (Å²) in [6, 6.07) is 9.44. The minimum Gasteiger partial charge on any atom is -0.322 e. The Bertz CT molecular complexity index is 1080. The molecule has 0 unspecified atom stereocenters. The second-order valence-electron chi connectivity index (χ2n) is 6.44. The van der Waals surface area contributed by atoms with Gasteiger partial charge in [-0.25, -0.2) is 14.4 Å². The fourth-order valence-corrected chi connectivity index (χ4v) is 2.51. The highest BCUT2D eigenvalue weighted by Gasteiger charge is 2.11. The molecule has 2 aromatic carbocycles. The number of rotatable bonds is 5. The lowest BCUT2D eigenvalue weighted by Gasteiger charge is -2.10. The lowest BCUT2D eigenvalue weighted by atomic mass is 10.1. The van der Waals surface area contributed by atoms with E-state index in [2.05, 4.69) is 20.6 Å². The Hall–Kier alpha value is -3.87. The van der Waals surface area contributed by atoms with E-state index in [4.69, 9.17) is 0 Å². The Labute approximate surface area is 167 Å². The van der Waals surface area contributed by atoms with Crippen LogP contribution in [0.2, 0.25) is 0 Å². The van der Waals surface area contributed by atoms with Gasteiger partial charge in [0.05, 0.1) is 0 Å². The van der Waals surface area contributed by atoms with Crippen molar-refractivity contribution in [2.75, 3.05) is 10.6 Å². The maximum absolute atomic E-state index is 13.7. The highest BCUT2D eigenvalue weighted by atomic mass is 19.1. The van der Waals surface area contributed by atoms with Crippen LogP contribution in [-0.2, 0) is 4.79 Å². The summed E-state index contributed by atoms with van der Waals surface area (Å²) >= 11 is 0. The van der Waals surface area contributed by atoms with Crippen LogP contribution in [0, 0.1) is 19.7 Å². The molecule has 0 aliphatic rings. The van der Waals surface area contributed by atoms with Crippen molar-refractivity contribution in [2.45, 2.75) is 13.8 Å². The fourth-order valence-electron chi connectivity index (χ4n) is 2.51. The number of carbonyl (C=O) groups is 2. The summed E-state index contributed by atoms with van der Waals surface area (Å²) in [7, 11) is 0. The summed E-state index contributed by atoms with van der Waals surface area (Å²) in [5, 5.41) is 5.40. The molecule has 0 aliphatic carbocycles. The fraction of sp³-hybridized carbons (Fsp3) is 0.0909. The number of carbonyl (C=O) groups excluding carboxylic acids is 2. The summed E-state index contributed by atoms with van der Waals surface area (Å²) in [6.07, 6.45) is 7.53. The van der Waals surface area contributed by atoms with Crippen molar-refractivity contribution in [2.24, 2.45) is 0 Å². The van der Waals surface area contributed by atoms with E-state index in [0.29, 0.717) is 28.1 Å². The maximum Gasteiger partial charge on any atom is 0.255 e. The number of nitrogens with zero attached hydrogens (tertiary/aromatic N) is 2. The molecule has 7 heteroatoms. The first-order valence-corrected chi connectivity index (χ1v) is 8.84. The highest BCUT2D eigenvalue weighted by Crippen LogP contribution is 2.19. The average Bonchev–Trinajstić information content (AvgIpc) is 2.71. The van der Waals surface area contributed by atoms with Crippen molar-refractivity contribution in [1.82, 2.24) is 9.97 Å². The Morgan fingerprint density at radius 3 is 2.41 bits per heavy atom. The molecule has 146 valence electrons. The molecule has 0 saturated heterocycles. The SMILES string of the molecule is Cc1ccc(NC(=O)c2ccc(C)c(NC(=O)/C=C/c3cncnc3)c2)cc1F. The molecule has 1 aromatic heterocycles. The first-order valence-electron chi connectivity index (χ1n) is 8.84. The third-order valence-electron chi connectivity index (χ3n) is 4.20. The van der Waals surface area contributed by atoms with Gasteiger partial charge in [0.2, 0.25) is 5.91 Å². The third kappa shape index (κ3) is 5.32. The number of anilines is 2. The van der Waals surface area contributed by atoms with Gasteiger partial charge in [-0.15, -0.1) is 0 Å². The van der Waals surface area contributed by atoms with Crippen LogP contribution < -0.4 is 10.6 Å². The topological polar surface area (TPSA) is 84.0 Å². The van der Waals surface area contributed by atoms with Crippen LogP contribution in [0.4, 0.5) is 15.8 Å². The molecule has 1 heterocycles. The minimum atomic E-state index is -0.402. The van der Waals surface area contributed by atoms with Crippen LogP contribution in [0.1, 0.15) is 27.0 Å². The Morgan fingerprint density at radius 1 is 0.966 bits per heavy atom. The molecular weight excluding hydrogens is 371 g/mol. The van der Waals surface area contributed by atoms with Crippen LogP contribution >= 0.6 is 0 Å². The predicted octanol–water partition coefficient (Wildman–Crippen LogP) is 4.14. The molecule has 0 atom stereocenters.